The molecule has 0 aliphatic carbocycles. The predicted molar refractivity (Wildman–Crippen MR) is 87.4 cm³/mol. The van der Waals surface area contributed by atoms with Gasteiger partial charge >= 0.3 is 0 Å². The van der Waals surface area contributed by atoms with Crippen LogP contribution in [0.4, 0.5) is 0 Å². The van der Waals surface area contributed by atoms with Gasteiger partial charge in [-0.3, -0.25) is 0 Å². The lowest BCUT2D eigenvalue weighted by atomic mass is 9.93. The van der Waals surface area contributed by atoms with Gasteiger partial charge in [0.25, 0.3) is 0 Å². The number of rotatable bonds is 2. The normalized spacial score (nSPS) is 20.8. The summed E-state index contributed by atoms with van der Waals surface area (Å²) < 4.78 is 6.14. The average Bonchev–Trinajstić information content (AvgIpc) is 2.49. The van der Waals surface area contributed by atoms with Crippen molar-refractivity contribution in [3.63, 3.8) is 0 Å². The Morgan fingerprint density at radius 2 is 1.95 bits per heavy atom. The van der Waals surface area contributed by atoms with Gasteiger partial charge in [-0.25, -0.2) is 0 Å². The summed E-state index contributed by atoms with van der Waals surface area (Å²) in [7, 11) is 1.96. The summed E-state index contributed by atoms with van der Waals surface area (Å²) in [4.78, 5) is 0. The molecule has 0 saturated carbocycles. The molecule has 2 unspecified atom stereocenters. The molecule has 21 heavy (non-hydrogen) atoms. The van der Waals surface area contributed by atoms with Crippen molar-refractivity contribution in [2.45, 2.75) is 25.5 Å². The lowest BCUT2D eigenvalue weighted by Gasteiger charge is -2.32. The van der Waals surface area contributed by atoms with Gasteiger partial charge in [-0.2, -0.15) is 0 Å². The van der Waals surface area contributed by atoms with E-state index in [0.29, 0.717) is 0 Å². The van der Waals surface area contributed by atoms with Crippen molar-refractivity contribution in [1.29, 1.82) is 0 Å². The van der Waals surface area contributed by atoms with Crippen LogP contribution >= 0.6 is 23.2 Å². The Bertz CT molecular complexity index is 672. The molecule has 4 heteroatoms. The van der Waals surface area contributed by atoms with Crippen LogP contribution in [-0.2, 0) is 0 Å². The zero-order valence-electron chi connectivity index (χ0n) is 12.0. The van der Waals surface area contributed by atoms with Gasteiger partial charge in [0, 0.05) is 28.1 Å². The Balaban J connectivity index is 1.96. The van der Waals surface area contributed by atoms with Crippen LogP contribution < -0.4 is 10.1 Å². The van der Waals surface area contributed by atoms with Crippen molar-refractivity contribution >= 4 is 23.2 Å². The van der Waals surface area contributed by atoms with Gasteiger partial charge in [0.2, 0.25) is 0 Å². The smallest absolute Gasteiger partial charge is 0.126 e. The van der Waals surface area contributed by atoms with E-state index >= 15 is 0 Å². The van der Waals surface area contributed by atoms with Crippen LogP contribution in [0.25, 0.3) is 0 Å². The van der Waals surface area contributed by atoms with Crippen LogP contribution in [0, 0.1) is 6.92 Å². The second kappa shape index (κ2) is 5.88. The maximum Gasteiger partial charge on any atom is 0.126 e. The minimum absolute atomic E-state index is 0.00535. The molecule has 2 aromatic carbocycles. The molecular weight excluding hydrogens is 305 g/mol. The van der Waals surface area contributed by atoms with Gasteiger partial charge in [-0.1, -0.05) is 35.3 Å². The van der Waals surface area contributed by atoms with Gasteiger partial charge < -0.3 is 10.1 Å². The van der Waals surface area contributed by atoms with Crippen LogP contribution in [0.3, 0.4) is 0 Å². The molecule has 0 saturated heterocycles. The van der Waals surface area contributed by atoms with Crippen molar-refractivity contribution in [3.8, 4) is 5.75 Å². The molecule has 1 heterocycles. The molecule has 0 bridgehead atoms. The minimum Gasteiger partial charge on any atom is -0.485 e. The lowest BCUT2D eigenvalue weighted by Crippen LogP contribution is -2.26. The van der Waals surface area contributed by atoms with Gasteiger partial charge in [0.15, 0.2) is 0 Å². The van der Waals surface area contributed by atoms with Crippen LogP contribution in [0.2, 0.25) is 10.0 Å². The summed E-state index contributed by atoms with van der Waals surface area (Å²) in [6, 6.07) is 12.1. The van der Waals surface area contributed by atoms with Crippen molar-refractivity contribution in [2.75, 3.05) is 7.05 Å². The third-order valence-corrected chi connectivity index (χ3v) is 4.62. The van der Waals surface area contributed by atoms with Gasteiger partial charge in [-0.15, -0.1) is 0 Å². The number of nitrogens with one attached hydrogen (secondary N) is 1. The summed E-state index contributed by atoms with van der Waals surface area (Å²) in [5.41, 5.74) is 3.29. The van der Waals surface area contributed by atoms with Crippen molar-refractivity contribution in [2.24, 2.45) is 0 Å². The Kier molecular flexibility index (Phi) is 4.12. The molecule has 1 N–H and O–H groups in total. The summed E-state index contributed by atoms with van der Waals surface area (Å²) >= 11 is 12.3. The maximum atomic E-state index is 6.24. The molecule has 110 valence electrons. The van der Waals surface area contributed by atoms with Crippen molar-refractivity contribution in [3.05, 3.63) is 63.1 Å². The van der Waals surface area contributed by atoms with E-state index in [-0.39, 0.29) is 12.1 Å². The van der Waals surface area contributed by atoms with Crippen LogP contribution in [0.1, 0.15) is 35.3 Å². The molecule has 0 radical (unpaired) electrons. The molecule has 2 atom stereocenters. The molecule has 3 rings (SSSR count). The van der Waals surface area contributed by atoms with Crippen LogP contribution in [-0.4, -0.2) is 7.05 Å². The summed E-state index contributed by atoms with van der Waals surface area (Å²) in [5, 5.41) is 4.85. The van der Waals surface area contributed by atoms with Gasteiger partial charge in [-0.05, 0) is 49.4 Å². The molecule has 0 aromatic heterocycles. The molecule has 2 aromatic rings. The van der Waals surface area contributed by atoms with Crippen molar-refractivity contribution in [1.82, 2.24) is 5.32 Å². The Hall–Kier alpha value is -1.22. The number of benzene rings is 2. The van der Waals surface area contributed by atoms with Gasteiger partial charge in [0.1, 0.15) is 11.9 Å². The standard InChI is InChI=1S/C17H17Cl2NO/c1-10-3-4-11(7-14(10)19)17-9-15(20-2)13-8-12(18)5-6-16(13)21-17/h3-8,15,17,20H,9H2,1-2H3. The number of fused-ring (bicyclic) bond motifs is 1. The quantitative estimate of drug-likeness (QED) is 0.832. The molecule has 1 aliphatic heterocycles. The Morgan fingerprint density at radius 3 is 2.67 bits per heavy atom. The van der Waals surface area contributed by atoms with E-state index in [1.54, 1.807) is 0 Å². The average molecular weight is 322 g/mol. The molecular formula is C17H17Cl2NO. The highest BCUT2D eigenvalue weighted by atomic mass is 35.5. The molecule has 0 amide bonds. The van der Waals surface area contributed by atoms with E-state index in [4.69, 9.17) is 27.9 Å². The number of aryl methyl sites for hydroxylation is 1. The third kappa shape index (κ3) is 2.89. The topological polar surface area (TPSA) is 21.3 Å². The number of halogens is 2. The number of hydrogen-bond acceptors (Lipinski definition) is 2. The second-order valence-electron chi connectivity index (χ2n) is 5.37. The molecule has 0 fully saturated rings. The largest absolute Gasteiger partial charge is 0.485 e. The van der Waals surface area contributed by atoms with Crippen molar-refractivity contribution < 1.29 is 4.74 Å². The Labute approximate surface area is 135 Å². The lowest BCUT2D eigenvalue weighted by molar-refractivity contribution is 0.154. The number of ether oxygens (including phenoxy) is 1. The highest BCUT2D eigenvalue weighted by Crippen LogP contribution is 2.42. The monoisotopic (exact) mass is 321 g/mol. The molecule has 0 spiro atoms. The summed E-state index contributed by atoms with van der Waals surface area (Å²) in [5.74, 6) is 0.881. The highest BCUT2D eigenvalue weighted by Gasteiger charge is 2.28. The SMILES string of the molecule is CNC1CC(c2ccc(C)c(Cl)c2)Oc2ccc(Cl)cc21. The predicted octanol–water partition coefficient (Wildman–Crippen LogP) is 5.09. The van der Waals surface area contributed by atoms with E-state index in [9.17, 15) is 0 Å². The highest BCUT2D eigenvalue weighted by molar-refractivity contribution is 6.31. The van der Waals surface area contributed by atoms with Crippen LogP contribution in [0.15, 0.2) is 36.4 Å². The second-order valence-corrected chi connectivity index (χ2v) is 6.22. The fraction of sp³-hybridized carbons (Fsp3) is 0.294. The van der Waals surface area contributed by atoms with E-state index in [2.05, 4.69) is 11.4 Å². The first-order chi connectivity index (χ1) is 10.1. The first-order valence-corrected chi connectivity index (χ1v) is 7.73. The van der Waals surface area contributed by atoms with Gasteiger partial charge in [0.05, 0.1) is 0 Å². The summed E-state index contributed by atoms with van der Waals surface area (Å²) in [6.07, 6.45) is 0.845. The minimum atomic E-state index is -0.00535. The zero-order valence-corrected chi connectivity index (χ0v) is 13.5. The van der Waals surface area contributed by atoms with Crippen LogP contribution in [0.5, 0.6) is 5.75 Å². The first kappa shape index (κ1) is 14.7. The van der Waals surface area contributed by atoms with E-state index in [0.717, 1.165) is 38.9 Å². The number of hydrogen-bond donors (Lipinski definition) is 1. The third-order valence-electron chi connectivity index (χ3n) is 3.98. The van der Waals surface area contributed by atoms with E-state index < -0.39 is 0 Å². The maximum absolute atomic E-state index is 6.24. The first-order valence-electron chi connectivity index (χ1n) is 6.98. The fourth-order valence-corrected chi connectivity index (χ4v) is 3.10. The van der Waals surface area contributed by atoms with E-state index in [1.807, 2.05) is 44.3 Å². The molecule has 2 nitrogen and oxygen atoms in total. The fourth-order valence-electron chi connectivity index (χ4n) is 2.73. The molecule has 1 aliphatic rings. The Morgan fingerprint density at radius 1 is 1.14 bits per heavy atom. The summed E-state index contributed by atoms with van der Waals surface area (Å²) in [6.45, 7) is 2.00. The van der Waals surface area contributed by atoms with E-state index in [1.165, 1.54) is 0 Å². The zero-order chi connectivity index (χ0) is 15.0.